The monoisotopic (exact) mass is 181 g/mol. The summed E-state index contributed by atoms with van der Waals surface area (Å²) in [6, 6.07) is 0. The maximum absolute atomic E-state index is 11.2. The molecule has 0 aromatic heterocycles. The molecule has 0 saturated carbocycles. The maximum Gasteiger partial charge on any atom is 0.230 e. The SMILES string of the molecule is CC=CCCC1C(=O)NC(=O)C1C. The Hall–Kier alpha value is -1.12. The topological polar surface area (TPSA) is 46.2 Å². The molecule has 0 aromatic rings. The number of rotatable bonds is 3. The summed E-state index contributed by atoms with van der Waals surface area (Å²) in [6.45, 7) is 3.75. The predicted octanol–water partition coefficient (Wildman–Crippen LogP) is 1.25. The van der Waals surface area contributed by atoms with Gasteiger partial charge in [0.05, 0.1) is 0 Å². The van der Waals surface area contributed by atoms with E-state index in [0.29, 0.717) is 0 Å². The van der Waals surface area contributed by atoms with E-state index in [2.05, 4.69) is 5.32 Å². The summed E-state index contributed by atoms with van der Waals surface area (Å²) in [5, 5.41) is 2.34. The Balaban J connectivity index is 2.49. The van der Waals surface area contributed by atoms with E-state index in [0.717, 1.165) is 12.8 Å². The predicted molar refractivity (Wildman–Crippen MR) is 49.9 cm³/mol. The number of allylic oxidation sites excluding steroid dienone is 2. The fourth-order valence-corrected chi connectivity index (χ4v) is 1.56. The summed E-state index contributed by atoms with van der Waals surface area (Å²) in [5.74, 6) is -0.515. The van der Waals surface area contributed by atoms with Crippen LogP contribution in [0.4, 0.5) is 0 Å². The van der Waals surface area contributed by atoms with E-state index in [-0.39, 0.29) is 23.7 Å². The van der Waals surface area contributed by atoms with E-state index in [4.69, 9.17) is 0 Å². The number of hydrogen-bond acceptors (Lipinski definition) is 2. The van der Waals surface area contributed by atoms with Crippen molar-refractivity contribution < 1.29 is 9.59 Å². The zero-order chi connectivity index (χ0) is 9.84. The molecule has 72 valence electrons. The van der Waals surface area contributed by atoms with Crippen molar-refractivity contribution in [1.29, 1.82) is 0 Å². The van der Waals surface area contributed by atoms with Crippen molar-refractivity contribution in [2.24, 2.45) is 11.8 Å². The molecule has 0 radical (unpaired) electrons. The molecule has 13 heavy (non-hydrogen) atoms. The summed E-state index contributed by atoms with van der Waals surface area (Å²) < 4.78 is 0. The largest absolute Gasteiger partial charge is 0.296 e. The van der Waals surface area contributed by atoms with Gasteiger partial charge in [0, 0.05) is 11.8 Å². The van der Waals surface area contributed by atoms with Crippen LogP contribution in [0.5, 0.6) is 0 Å². The van der Waals surface area contributed by atoms with Crippen LogP contribution in [0.25, 0.3) is 0 Å². The van der Waals surface area contributed by atoms with Crippen molar-refractivity contribution in [3.63, 3.8) is 0 Å². The number of amides is 2. The Labute approximate surface area is 78.2 Å². The van der Waals surface area contributed by atoms with Crippen LogP contribution in [0.2, 0.25) is 0 Å². The third-order valence-corrected chi connectivity index (χ3v) is 2.48. The fourth-order valence-electron chi connectivity index (χ4n) is 1.56. The van der Waals surface area contributed by atoms with Crippen molar-refractivity contribution in [3.8, 4) is 0 Å². The molecule has 0 aromatic carbocycles. The van der Waals surface area contributed by atoms with E-state index >= 15 is 0 Å². The summed E-state index contributed by atoms with van der Waals surface area (Å²) in [4.78, 5) is 22.3. The van der Waals surface area contributed by atoms with Gasteiger partial charge in [0.15, 0.2) is 0 Å². The van der Waals surface area contributed by atoms with Gasteiger partial charge in [0.2, 0.25) is 11.8 Å². The van der Waals surface area contributed by atoms with Gasteiger partial charge in [-0.25, -0.2) is 0 Å². The normalized spacial score (nSPS) is 28.5. The van der Waals surface area contributed by atoms with E-state index in [1.165, 1.54) is 0 Å². The van der Waals surface area contributed by atoms with Crippen molar-refractivity contribution in [2.45, 2.75) is 26.7 Å². The Bertz CT molecular complexity index is 245. The number of carbonyl (C=O) groups is 2. The molecule has 1 N–H and O–H groups in total. The number of imide groups is 1. The van der Waals surface area contributed by atoms with E-state index in [1.54, 1.807) is 6.92 Å². The van der Waals surface area contributed by atoms with Gasteiger partial charge < -0.3 is 0 Å². The first-order chi connectivity index (χ1) is 6.16. The summed E-state index contributed by atoms with van der Waals surface area (Å²) in [5.41, 5.74) is 0. The molecule has 2 atom stereocenters. The Morgan fingerprint density at radius 1 is 1.38 bits per heavy atom. The summed E-state index contributed by atoms with van der Waals surface area (Å²) >= 11 is 0. The number of hydrogen-bond donors (Lipinski definition) is 1. The number of carbonyl (C=O) groups excluding carboxylic acids is 2. The van der Waals surface area contributed by atoms with Gasteiger partial charge in [-0.05, 0) is 19.8 Å². The minimum Gasteiger partial charge on any atom is -0.296 e. The van der Waals surface area contributed by atoms with Crippen LogP contribution in [0, 0.1) is 11.8 Å². The minimum absolute atomic E-state index is 0.109. The standard InChI is InChI=1S/C10H15NO2/c1-3-4-5-6-8-7(2)9(12)11-10(8)13/h3-4,7-8H,5-6H2,1-2H3,(H,11,12,13). The molecule has 1 aliphatic rings. The molecule has 0 aliphatic carbocycles. The van der Waals surface area contributed by atoms with Crippen molar-refractivity contribution in [3.05, 3.63) is 12.2 Å². The van der Waals surface area contributed by atoms with E-state index in [9.17, 15) is 9.59 Å². The highest BCUT2D eigenvalue weighted by molar-refractivity contribution is 6.04. The molecule has 1 rings (SSSR count). The molecule has 2 amide bonds. The third-order valence-electron chi connectivity index (χ3n) is 2.48. The van der Waals surface area contributed by atoms with Gasteiger partial charge in [-0.2, -0.15) is 0 Å². The Kier molecular flexibility index (Phi) is 3.23. The van der Waals surface area contributed by atoms with Gasteiger partial charge in [0.25, 0.3) is 0 Å². The Morgan fingerprint density at radius 3 is 2.54 bits per heavy atom. The molecule has 1 saturated heterocycles. The first-order valence-electron chi connectivity index (χ1n) is 4.62. The highest BCUT2D eigenvalue weighted by Crippen LogP contribution is 2.23. The van der Waals surface area contributed by atoms with Crippen LogP contribution >= 0.6 is 0 Å². The summed E-state index contributed by atoms with van der Waals surface area (Å²) in [6.07, 6.45) is 5.61. The van der Waals surface area contributed by atoms with Crippen LogP contribution in [0.3, 0.4) is 0 Å². The quantitative estimate of drug-likeness (QED) is 0.526. The first-order valence-corrected chi connectivity index (χ1v) is 4.62. The second-order valence-corrected chi connectivity index (χ2v) is 3.40. The minimum atomic E-state index is -0.155. The highest BCUT2D eigenvalue weighted by atomic mass is 16.2. The highest BCUT2D eigenvalue weighted by Gasteiger charge is 2.37. The molecule has 1 heterocycles. The zero-order valence-corrected chi connectivity index (χ0v) is 8.04. The lowest BCUT2D eigenvalue weighted by molar-refractivity contribution is -0.126. The zero-order valence-electron chi connectivity index (χ0n) is 8.04. The second kappa shape index (κ2) is 4.21. The third kappa shape index (κ3) is 2.17. The molecule has 2 unspecified atom stereocenters. The molecule has 0 bridgehead atoms. The van der Waals surface area contributed by atoms with E-state index in [1.807, 2.05) is 19.1 Å². The molecule has 0 spiro atoms. The molecule has 3 heteroatoms. The van der Waals surface area contributed by atoms with Gasteiger partial charge in [0.1, 0.15) is 0 Å². The maximum atomic E-state index is 11.2. The lowest BCUT2D eigenvalue weighted by Crippen LogP contribution is -2.22. The average Bonchev–Trinajstić information content (AvgIpc) is 2.32. The average molecular weight is 181 g/mol. The molecule has 1 aliphatic heterocycles. The van der Waals surface area contributed by atoms with Crippen LogP contribution in [-0.4, -0.2) is 11.8 Å². The lowest BCUT2D eigenvalue weighted by atomic mass is 9.92. The fraction of sp³-hybridized carbons (Fsp3) is 0.600. The van der Waals surface area contributed by atoms with Crippen LogP contribution < -0.4 is 5.32 Å². The van der Waals surface area contributed by atoms with Crippen LogP contribution in [-0.2, 0) is 9.59 Å². The number of nitrogens with one attached hydrogen (secondary N) is 1. The molecule has 3 nitrogen and oxygen atoms in total. The van der Waals surface area contributed by atoms with Crippen molar-refractivity contribution in [1.82, 2.24) is 5.32 Å². The van der Waals surface area contributed by atoms with Crippen LogP contribution in [0.15, 0.2) is 12.2 Å². The Morgan fingerprint density at radius 2 is 2.08 bits per heavy atom. The molecular weight excluding hydrogens is 166 g/mol. The first kappa shape index (κ1) is 9.96. The second-order valence-electron chi connectivity index (χ2n) is 3.40. The van der Waals surface area contributed by atoms with E-state index < -0.39 is 0 Å². The summed E-state index contributed by atoms with van der Waals surface area (Å²) in [7, 11) is 0. The van der Waals surface area contributed by atoms with Gasteiger partial charge in [-0.1, -0.05) is 19.1 Å². The molecule has 1 fully saturated rings. The van der Waals surface area contributed by atoms with Crippen LogP contribution in [0.1, 0.15) is 26.7 Å². The lowest BCUT2D eigenvalue weighted by Gasteiger charge is -2.07. The smallest absolute Gasteiger partial charge is 0.230 e. The molecular formula is C10H15NO2. The van der Waals surface area contributed by atoms with Crippen molar-refractivity contribution in [2.75, 3.05) is 0 Å². The van der Waals surface area contributed by atoms with Gasteiger partial charge in [-0.3, -0.25) is 14.9 Å². The van der Waals surface area contributed by atoms with Crippen molar-refractivity contribution >= 4 is 11.8 Å². The van der Waals surface area contributed by atoms with Gasteiger partial charge >= 0.3 is 0 Å². The van der Waals surface area contributed by atoms with Gasteiger partial charge in [-0.15, -0.1) is 0 Å².